The summed E-state index contributed by atoms with van der Waals surface area (Å²) in [6.45, 7) is 3.74. The third kappa shape index (κ3) is 0.984. The van der Waals surface area contributed by atoms with Crippen LogP contribution >= 0.6 is 0 Å². The summed E-state index contributed by atoms with van der Waals surface area (Å²) >= 11 is 0. The first-order chi connectivity index (χ1) is 7.65. The molecular formula is C13H15NO2. The number of rotatable bonds is 2. The molecule has 0 aromatic carbocycles. The predicted molar refractivity (Wildman–Crippen MR) is 59.3 cm³/mol. The van der Waals surface area contributed by atoms with Crippen LogP contribution in [-0.2, 0) is 9.59 Å². The van der Waals surface area contributed by atoms with Crippen LogP contribution in [0.15, 0.2) is 24.3 Å². The second kappa shape index (κ2) is 3.06. The molecule has 0 aromatic rings. The van der Waals surface area contributed by atoms with Gasteiger partial charge in [0.25, 0.3) is 0 Å². The van der Waals surface area contributed by atoms with Crippen LogP contribution in [-0.4, -0.2) is 23.8 Å². The molecule has 3 rings (SSSR count). The lowest BCUT2D eigenvalue weighted by atomic mass is 9.80. The SMILES string of the molecule is C=CCC1=CC2CC1C1C(=O)N(C)C(=O)C21. The van der Waals surface area contributed by atoms with Gasteiger partial charge in [-0.2, -0.15) is 0 Å². The van der Waals surface area contributed by atoms with Gasteiger partial charge in [0.1, 0.15) is 0 Å². The lowest BCUT2D eigenvalue weighted by Crippen LogP contribution is -2.28. The number of hydrogen-bond donors (Lipinski definition) is 0. The second-order valence-electron chi connectivity index (χ2n) is 5.03. The Balaban J connectivity index is 1.97. The smallest absolute Gasteiger partial charge is 0.233 e. The van der Waals surface area contributed by atoms with Crippen LogP contribution in [0.5, 0.6) is 0 Å². The molecule has 4 atom stereocenters. The van der Waals surface area contributed by atoms with Crippen LogP contribution in [0.4, 0.5) is 0 Å². The third-order valence-electron chi connectivity index (χ3n) is 4.32. The van der Waals surface area contributed by atoms with E-state index in [9.17, 15) is 9.59 Å². The Morgan fingerprint density at radius 2 is 2.12 bits per heavy atom. The molecule has 0 radical (unpaired) electrons. The molecule has 2 fully saturated rings. The Hall–Kier alpha value is -1.38. The van der Waals surface area contributed by atoms with Crippen molar-refractivity contribution < 1.29 is 9.59 Å². The highest BCUT2D eigenvalue weighted by Crippen LogP contribution is 2.55. The summed E-state index contributed by atoms with van der Waals surface area (Å²) in [6, 6.07) is 0. The summed E-state index contributed by atoms with van der Waals surface area (Å²) in [6.07, 6.45) is 5.93. The van der Waals surface area contributed by atoms with Gasteiger partial charge in [0, 0.05) is 7.05 Å². The van der Waals surface area contributed by atoms with E-state index in [2.05, 4.69) is 12.7 Å². The Morgan fingerprint density at radius 3 is 2.81 bits per heavy atom. The Kier molecular flexibility index (Phi) is 1.88. The second-order valence-corrected chi connectivity index (χ2v) is 5.03. The maximum absolute atomic E-state index is 12.0. The fourth-order valence-corrected chi connectivity index (χ4v) is 3.66. The number of allylic oxidation sites excluding steroid dienone is 3. The fourth-order valence-electron chi connectivity index (χ4n) is 3.66. The van der Waals surface area contributed by atoms with Crippen molar-refractivity contribution >= 4 is 11.8 Å². The van der Waals surface area contributed by atoms with E-state index in [0.717, 1.165) is 12.8 Å². The lowest BCUT2D eigenvalue weighted by Gasteiger charge is -2.20. The van der Waals surface area contributed by atoms with E-state index in [-0.39, 0.29) is 23.7 Å². The molecule has 1 saturated carbocycles. The highest BCUT2D eigenvalue weighted by atomic mass is 16.2. The Bertz CT molecular complexity index is 424. The molecule has 0 aromatic heterocycles. The minimum atomic E-state index is -0.0672. The molecule has 84 valence electrons. The van der Waals surface area contributed by atoms with E-state index in [1.807, 2.05) is 6.08 Å². The number of fused-ring (bicyclic) bond motifs is 5. The average molecular weight is 217 g/mol. The van der Waals surface area contributed by atoms with E-state index < -0.39 is 0 Å². The van der Waals surface area contributed by atoms with Gasteiger partial charge in [-0.25, -0.2) is 0 Å². The number of carbonyl (C=O) groups is 2. The molecule has 2 aliphatic carbocycles. The topological polar surface area (TPSA) is 37.4 Å². The molecule has 0 spiro atoms. The van der Waals surface area contributed by atoms with E-state index >= 15 is 0 Å². The zero-order valence-corrected chi connectivity index (χ0v) is 9.35. The fraction of sp³-hybridized carbons (Fsp3) is 0.538. The molecule has 3 aliphatic rings. The number of amides is 2. The molecule has 4 unspecified atom stereocenters. The lowest BCUT2D eigenvalue weighted by molar-refractivity contribution is -0.139. The first-order valence-corrected chi connectivity index (χ1v) is 5.78. The molecule has 2 amide bonds. The van der Waals surface area contributed by atoms with Gasteiger partial charge in [0.15, 0.2) is 0 Å². The molecule has 1 heterocycles. The molecule has 2 bridgehead atoms. The average Bonchev–Trinajstić information content (AvgIpc) is 2.88. The zero-order chi connectivity index (χ0) is 11.4. The predicted octanol–water partition coefficient (Wildman–Crippen LogP) is 1.37. The van der Waals surface area contributed by atoms with Crippen LogP contribution in [0.3, 0.4) is 0 Å². The number of carbonyl (C=O) groups excluding carboxylic acids is 2. The first-order valence-electron chi connectivity index (χ1n) is 5.78. The maximum atomic E-state index is 12.0. The van der Waals surface area contributed by atoms with E-state index in [1.165, 1.54) is 10.5 Å². The summed E-state index contributed by atoms with van der Waals surface area (Å²) < 4.78 is 0. The summed E-state index contributed by atoms with van der Waals surface area (Å²) in [7, 11) is 1.61. The van der Waals surface area contributed by atoms with Crippen molar-refractivity contribution in [3.63, 3.8) is 0 Å². The van der Waals surface area contributed by atoms with Crippen molar-refractivity contribution in [2.75, 3.05) is 7.05 Å². The van der Waals surface area contributed by atoms with Gasteiger partial charge in [-0.1, -0.05) is 17.7 Å². The summed E-state index contributed by atoms with van der Waals surface area (Å²) in [5, 5.41) is 0. The van der Waals surface area contributed by atoms with Gasteiger partial charge in [0.05, 0.1) is 11.8 Å². The first kappa shape index (κ1) is 9.82. The third-order valence-corrected chi connectivity index (χ3v) is 4.32. The van der Waals surface area contributed by atoms with Crippen molar-refractivity contribution in [1.29, 1.82) is 0 Å². The zero-order valence-electron chi connectivity index (χ0n) is 9.35. The van der Waals surface area contributed by atoms with Crippen molar-refractivity contribution in [2.45, 2.75) is 12.8 Å². The van der Waals surface area contributed by atoms with Crippen molar-refractivity contribution in [3.05, 3.63) is 24.3 Å². The standard InChI is InChI=1S/C13H15NO2/c1-3-4-7-5-8-6-9(7)11-10(8)12(15)14(2)13(11)16/h3,5,8-11H,1,4,6H2,2H3. The molecule has 1 saturated heterocycles. The van der Waals surface area contributed by atoms with Gasteiger partial charge in [-0.15, -0.1) is 6.58 Å². The number of likely N-dealkylation sites (tertiary alicyclic amines) is 1. The van der Waals surface area contributed by atoms with Gasteiger partial charge in [-0.3, -0.25) is 14.5 Å². The summed E-state index contributed by atoms with van der Waals surface area (Å²) in [5.41, 5.74) is 1.32. The molecule has 16 heavy (non-hydrogen) atoms. The number of hydrogen-bond acceptors (Lipinski definition) is 2. The minimum Gasteiger partial charge on any atom is -0.285 e. The van der Waals surface area contributed by atoms with Crippen LogP contribution in [0, 0.1) is 23.7 Å². The van der Waals surface area contributed by atoms with Crippen LogP contribution in [0.25, 0.3) is 0 Å². The van der Waals surface area contributed by atoms with Crippen LogP contribution < -0.4 is 0 Å². The molecular weight excluding hydrogens is 202 g/mol. The monoisotopic (exact) mass is 217 g/mol. The van der Waals surface area contributed by atoms with Crippen LogP contribution in [0.2, 0.25) is 0 Å². The molecule has 3 nitrogen and oxygen atoms in total. The molecule has 3 heteroatoms. The normalized spacial score (nSPS) is 40.3. The molecule has 1 aliphatic heterocycles. The Labute approximate surface area is 94.8 Å². The highest BCUT2D eigenvalue weighted by molar-refractivity contribution is 6.06. The van der Waals surface area contributed by atoms with Gasteiger partial charge in [-0.05, 0) is 24.7 Å². The van der Waals surface area contributed by atoms with E-state index in [1.54, 1.807) is 7.05 Å². The Morgan fingerprint density at radius 1 is 1.44 bits per heavy atom. The minimum absolute atomic E-state index is 0.0244. The van der Waals surface area contributed by atoms with Gasteiger partial charge < -0.3 is 0 Å². The number of imide groups is 1. The number of nitrogens with zero attached hydrogens (tertiary/aromatic N) is 1. The van der Waals surface area contributed by atoms with Gasteiger partial charge >= 0.3 is 0 Å². The van der Waals surface area contributed by atoms with Crippen molar-refractivity contribution in [2.24, 2.45) is 23.7 Å². The highest BCUT2D eigenvalue weighted by Gasteiger charge is 2.59. The van der Waals surface area contributed by atoms with Crippen LogP contribution in [0.1, 0.15) is 12.8 Å². The quantitative estimate of drug-likeness (QED) is 0.517. The largest absolute Gasteiger partial charge is 0.285 e. The van der Waals surface area contributed by atoms with E-state index in [0.29, 0.717) is 11.8 Å². The van der Waals surface area contributed by atoms with Gasteiger partial charge in [0.2, 0.25) is 11.8 Å². The van der Waals surface area contributed by atoms with Crippen molar-refractivity contribution in [3.8, 4) is 0 Å². The maximum Gasteiger partial charge on any atom is 0.233 e. The van der Waals surface area contributed by atoms with Crippen molar-refractivity contribution in [1.82, 2.24) is 4.90 Å². The molecule has 0 N–H and O–H groups in total. The summed E-state index contributed by atoms with van der Waals surface area (Å²) in [5.74, 6) is 0.521. The summed E-state index contributed by atoms with van der Waals surface area (Å²) in [4.78, 5) is 25.2. The van der Waals surface area contributed by atoms with E-state index in [4.69, 9.17) is 0 Å².